The number of nitrogens with one attached hydrogen (secondary N) is 1. The summed E-state index contributed by atoms with van der Waals surface area (Å²) in [5.41, 5.74) is 3.21. The summed E-state index contributed by atoms with van der Waals surface area (Å²) in [5, 5.41) is 3.81. The number of esters is 2. The summed E-state index contributed by atoms with van der Waals surface area (Å²) >= 11 is 1.00. The second-order valence-electron chi connectivity index (χ2n) is 9.78. The first-order valence-corrected chi connectivity index (χ1v) is 13.1. The first-order valence-electron chi connectivity index (χ1n) is 12.3. The number of hydrogen-bond acceptors (Lipinski definition) is 7. The third-order valence-electron chi connectivity index (χ3n) is 5.85. The molecule has 2 aromatic heterocycles. The van der Waals surface area contributed by atoms with Crippen molar-refractivity contribution in [2.45, 2.75) is 47.1 Å². The van der Waals surface area contributed by atoms with Crippen LogP contribution in [-0.4, -0.2) is 35.0 Å². The molecule has 0 spiro atoms. The van der Waals surface area contributed by atoms with E-state index < -0.39 is 23.4 Å². The number of rotatable bonds is 6. The average molecular weight is 531 g/mol. The monoisotopic (exact) mass is 530 g/mol. The number of benzene rings is 2. The lowest BCUT2D eigenvalue weighted by atomic mass is 9.97. The van der Waals surface area contributed by atoms with Crippen LogP contribution in [0.25, 0.3) is 22.2 Å². The highest BCUT2D eigenvalue weighted by molar-refractivity contribution is 7.18. The maximum absolute atomic E-state index is 13.9. The second kappa shape index (κ2) is 10.8. The molecule has 0 saturated heterocycles. The van der Waals surface area contributed by atoms with Gasteiger partial charge in [0.15, 0.2) is 0 Å². The Balaban J connectivity index is 1.84. The van der Waals surface area contributed by atoms with Crippen molar-refractivity contribution in [1.29, 1.82) is 0 Å². The molecule has 0 fully saturated rings. The topological polar surface area (TPSA) is 94.6 Å². The number of hydrogen-bond donors (Lipinski definition) is 1. The largest absolute Gasteiger partial charge is 0.462 e. The van der Waals surface area contributed by atoms with Gasteiger partial charge in [-0.1, -0.05) is 48.5 Å². The Labute approximate surface area is 225 Å². The molecule has 0 unspecified atom stereocenters. The van der Waals surface area contributed by atoms with Gasteiger partial charge in [0, 0.05) is 10.9 Å². The van der Waals surface area contributed by atoms with Crippen LogP contribution in [0.5, 0.6) is 0 Å². The van der Waals surface area contributed by atoms with E-state index in [1.807, 2.05) is 61.5 Å². The molecule has 38 heavy (non-hydrogen) atoms. The number of nitrogens with zero attached hydrogens (tertiary/aromatic N) is 1. The van der Waals surface area contributed by atoms with Crippen molar-refractivity contribution < 1.29 is 23.9 Å². The van der Waals surface area contributed by atoms with Gasteiger partial charge in [-0.3, -0.25) is 4.79 Å². The summed E-state index contributed by atoms with van der Waals surface area (Å²) in [7, 11) is 0. The van der Waals surface area contributed by atoms with Crippen LogP contribution in [0.2, 0.25) is 0 Å². The molecule has 0 saturated carbocycles. The molecule has 4 rings (SSSR count). The number of pyridine rings is 1. The summed E-state index contributed by atoms with van der Waals surface area (Å²) in [4.78, 5) is 44.8. The number of thiophene rings is 1. The van der Waals surface area contributed by atoms with Gasteiger partial charge >= 0.3 is 11.9 Å². The highest BCUT2D eigenvalue weighted by Crippen LogP contribution is 2.36. The highest BCUT2D eigenvalue weighted by atomic mass is 32.1. The standard InChI is InChI=1S/C30H30N2O5S/c1-7-36-28(34)23-18(3)25(29(35)37-30(4,5)6)38-27(23)32-26(33)22-17(2)24(19-13-9-8-10-14-19)31-21-16-12-11-15-20(21)22/h8-16H,7H2,1-6H3,(H,32,33). The lowest BCUT2D eigenvalue weighted by Gasteiger charge is -2.19. The van der Waals surface area contributed by atoms with Crippen molar-refractivity contribution in [3.05, 3.63) is 81.7 Å². The van der Waals surface area contributed by atoms with Gasteiger partial charge < -0.3 is 14.8 Å². The van der Waals surface area contributed by atoms with Gasteiger partial charge in [0.1, 0.15) is 15.5 Å². The quantitative estimate of drug-likeness (QED) is 0.271. The normalized spacial score (nSPS) is 11.3. The lowest BCUT2D eigenvalue weighted by Crippen LogP contribution is -2.23. The molecule has 196 valence electrons. The van der Waals surface area contributed by atoms with Gasteiger partial charge in [0.2, 0.25) is 0 Å². The fourth-order valence-corrected chi connectivity index (χ4v) is 5.28. The zero-order valence-corrected chi connectivity index (χ0v) is 23.1. The number of carbonyl (C=O) groups is 3. The molecular formula is C30H30N2O5S. The molecule has 1 amide bonds. The third-order valence-corrected chi connectivity index (χ3v) is 7.04. The molecule has 0 aliphatic heterocycles. The van der Waals surface area contributed by atoms with E-state index >= 15 is 0 Å². The maximum Gasteiger partial charge on any atom is 0.349 e. The van der Waals surface area contributed by atoms with Crippen molar-refractivity contribution in [3.63, 3.8) is 0 Å². The smallest absolute Gasteiger partial charge is 0.349 e. The van der Waals surface area contributed by atoms with Gasteiger partial charge in [-0.15, -0.1) is 11.3 Å². The van der Waals surface area contributed by atoms with Gasteiger partial charge in [0.05, 0.1) is 28.9 Å². The SMILES string of the molecule is CCOC(=O)c1c(NC(=O)c2c(C)c(-c3ccccc3)nc3ccccc23)sc(C(=O)OC(C)(C)C)c1C. The Bertz CT molecular complexity index is 1530. The van der Waals surface area contributed by atoms with Crippen molar-refractivity contribution >= 4 is 45.1 Å². The molecular weight excluding hydrogens is 500 g/mol. The number of ether oxygens (including phenoxy) is 2. The molecule has 2 aromatic carbocycles. The predicted molar refractivity (Wildman–Crippen MR) is 150 cm³/mol. The van der Waals surface area contributed by atoms with Crippen LogP contribution in [0.3, 0.4) is 0 Å². The number of para-hydroxylation sites is 1. The minimum absolute atomic E-state index is 0.144. The maximum atomic E-state index is 13.9. The molecule has 0 aliphatic rings. The predicted octanol–water partition coefficient (Wildman–Crippen LogP) is 6.96. The Kier molecular flexibility index (Phi) is 7.64. The van der Waals surface area contributed by atoms with E-state index in [0.29, 0.717) is 33.3 Å². The molecule has 2 heterocycles. The van der Waals surface area contributed by atoms with Crippen LogP contribution < -0.4 is 5.32 Å². The number of aromatic nitrogens is 1. The van der Waals surface area contributed by atoms with Crippen molar-refractivity contribution in [3.8, 4) is 11.3 Å². The van der Waals surface area contributed by atoms with Crippen LogP contribution in [0.15, 0.2) is 54.6 Å². The van der Waals surface area contributed by atoms with E-state index in [2.05, 4.69) is 5.32 Å². The van der Waals surface area contributed by atoms with E-state index in [0.717, 1.165) is 16.9 Å². The molecule has 0 atom stereocenters. The highest BCUT2D eigenvalue weighted by Gasteiger charge is 2.30. The number of carbonyl (C=O) groups excluding carboxylic acids is 3. The number of amides is 1. The second-order valence-corrected chi connectivity index (χ2v) is 10.8. The first-order chi connectivity index (χ1) is 18.0. The summed E-state index contributed by atoms with van der Waals surface area (Å²) in [6.45, 7) is 10.7. The van der Waals surface area contributed by atoms with E-state index in [9.17, 15) is 14.4 Å². The first kappa shape index (κ1) is 27.0. The van der Waals surface area contributed by atoms with Gasteiger partial charge in [-0.2, -0.15) is 0 Å². The van der Waals surface area contributed by atoms with E-state index in [-0.39, 0.29) is 22.0 Å². The van der Waals surface area contributed by atoms with Crippen LogP contribution >= 0.6 is 11.3 Å². The van der Waals surface area contributed by atoms with Crippen LogP contribution in [0.4, 0.5) is 5.00 Å². The summed E-state index contributed by atoms with van der Waals surface area (Å²) in [6.07, 6.45) is 0. The third kappa shape index (κ3) is 5.45. The summed E-state index contributed by atoms with van der Waals surface area (Å²) in [6, 6.07) is 17.1. The molecule has 8 heteroatoms. The Morgan fingerprint density at radius 2 is 1.55 bits per heavy atom. The molecule has 7 nitrogen and oxygen atoms in total. The molecule has 0 aliphatic carbocycles. The fourth-order valence-electron chi connectivity index (χ4n) is 4.21. The fraction of sp³-hybridized carbons (Fsp3) is 0.267. The zero-order valence-electron chi connectivity index (χ0n) is 22.3. The Hall–Kier alpha value is -4.04. The molecule has 1 N–H and O–H groups in total. The van der Waals surface area contributed by atoms with Crippen LogP contribution in [0, 0.1) is 13.8 Å². The van der Waals surface area contributed by atoms with Crippen molar-refractivity contribution in [1.82, 2.24) is 4.98 Å². The minimum Gasteiger partial charge on any atom is -0.462 e. The van der Waals surface area contributed by atoms with Crippen LogP contribution in [-0.2, 0) is 9.47 Å². The number of fused-ring (bicyclic) bond motifs is 1. The molecule has 4 aromatic rings. The van der Waals surface area contributed by atoms with Crippen LogP contribution in [0.1, 0.15) is 69.2 Å². The average Bonchev–Trinajstić information content (AvgIpc) is 3.18. The number of anilines is 1. The molecule has 0 radical (unpaired) electrons. The summed E-state index contributed by atoms with van der Waals surface area (Å²) < 4.78 is 10.8. The molecule has 0 bridgehead atoms. The van der Waals surface area contributed by atoms with Crippen molar-refractivity contribution in [2.75, 3.05) is 11.9 Å². The lowest BCUT2D eigenvalue weighted by molar-refractivity contribution is 0.00744. The van der Waals surface area contributed by atoms with Gasteiger partial charge in [-0.25, -0.2) is 14.6 Å². The van der Waals surface area contributed by atoms with E-state index in [1.54, 1.807) is 34.6 Å². The Morgan fingerprint density at radius 3 is 2.21 bits per heavy atom. The Morgan fingerprint density at radius 1 is 0.895 bits per heavy atom. The van der Waals surface area contributed by atoms with Gasteiger partial charge in [-0.05, 0) is 58.7 Å². The van der Waals surface area contributed by atoms with E-state index in [4.69, 9.17) is 14.5 Å². The van der Waals surface area contributed by atoms with E-state index in [1.165, 1.54) is 0 Å². The zero-order chi connectivity index (χ0) is 27.6. The van der Waals surface area contributed by atoms with Crippen molar-refractivity contribution in [2.24, 2.45) is 0 Å². The summed E-state index contributed by atoms with van der Waals surface area (Å²) in [5.74, 6) is -1.60. The minimum atomic E-state index is -0.720. The van der Waals surface area contributed by atoms with Gasteiger partial charge in [0.25, 0.3) is 5.91 Å².